The lowest BCUT2D eigenvalue weighted by Gasteiger charge is -2.21. The summed E-state index contributed by atoms with van der Waals surface area (Å²) in [6, 6.07) is 13.6. The van der Waals surface area contributed by atoms with Crippen molar-refractivity contribution in [2.75, 3.05) is 17.2 Å². The van der Waals surface area contributed by atoms with Crippen LogP contribution in [0.5, 0.6) is 0 Å². The van der Waals surface area contributed by atoms with Crippen LogP contribution in [0.3, 0.4) is 0 Å². The summed E-state index contributed by atoms with van der Waals surface area (Å²) in [7, 11) is 0. The molecular weight excluding hydrogens is 416 g/mol. The number of anilines is 3. The van der Waals surface area contributed by atoms with Gasteiger partial charge in [-0.3, -0.25) is 4.79 Å². The molecule has 0 unspecified atom stereocenters. The maximum Gasteiger partial charge on any atom is 0.268 e. The number of nitrogens with zero attached hydrogens (tertiary/aromatic N) is 2. The van der Waals surface area contributed by atoms with Gasteiger partial charge in [-0.05, 0) is 43.2 Å². The van der Waals surface area contributed by atoms with Crippen molar-refractivity contribution in [3.05, 3.63) is 77.0 Å². The lowest BCUT2D eigenvalue weighted by atomic mass is 9.94. The van der Waals surface area contributed by atoms with E-state index in [4.69, 9.17) is 0 Å². The molecule has 1 aliphatic heterocycles. The molecule has 0 radical (unpaired) electrons. The fraction of sp³-hybridized carbons (Fsp3) is 0.261. The maximum absolute atomic E-state index is 13.6. The Morgan fingerprint density at radius 3 is 2.59 bits per heavy atom. The first-order valence-electron chi connectivity index (χ1n) is 10.1. The van der Waals surface area contributed by atoms with Crippen LogP contribution in [0.15, 0.2) is 54.7 Å². The molecule has 0 saturated carbocycles. The number of aliphatic hydroxyl groups excluding tert-OH is 1. The van der Waals surface area contributed by atoms with E-state index in [1.807, 2.05) is 26.0 Å². The zero-order chi connectivity index (χ0) is 22.9. The summed E-state index contributed by atoms with van der Waals surface area (Å²) in [6.07, 6.45) is -1.73. The van der Waals surface area contributed by atoms with Gasteiger partial charge in [0, 0.05) is 17.4 Å². The van der Waals surface area contributed by atoms with Crippen molar-refractivity contribution in [3.63, 3.8) is 0 Å². The third kappa shape index (κ3) is 4.24. The van der Waals surface area contributed by atoms with E-state index >= 15 is 0 Å². The van der Waals surface area contributed by atoms with Crippen LogP contribution >= 0.6 is 0 Å². The first kappa shape index (κ1) is 21.6. The van der Waals surface area contributed by atoms with Gasteiger partial charge in [0.25, 0.3) is 12.3 Å². The molecule has 0 bridgehead atoms. The SMILES string of the molecule is CC1(C)NC(=O)c2ccc(Nc3ncc(C(F)F)c(N[C@H](CO)c4ccccc4)n3)cc21. The van der Waals surface area contributed by atoms with Crippen LogP contribution in [0, 0.1) is 0 Å². The normalized spacial score (nSPS) is 15.2. The van der Waals surface area contributed by atoms with Crippen LogP contribution in [-0.2, 0) is 5.54 Å². The second-order valence-corrected chi connectivity index (χ2v) is 8.05. The molecular formula is C23H23F2N5O2. The van der Waals surface area contributed by atoms with Crippen LogP contribution in [0.25, 0.3) is 0 Å². The summed E-state index contributed by atoms with van der Waals surface area (Å²) in [5.74, 6) is -0.105. The van der Waals surface area contributed by atoms with E-state index in [0.29, 0.717) is 11.3 Å². The van der Waals surface area contributed by atoms with Crippen LogP contribution < -0.4 is 16.0 Å². The molecule has 0 aliphatic carbocycles. The standard InChI is InChI=1S/C23H23F2N5O2/c1-23(2)17-10-14(8-9-15(17)21(32)30-23)27-22-26-11-16(19(24)25)20(29-22)28-18(12-31)13-6-4-3-5-7-13/h3-11,18-19,31H,12H2,1-2H3,(H,30,32)(H2,26,27,28,29)/t18-/m1/s1. The summed E-state index contributed by atoms with van der Waals surface area (Å²) in [5, 5.41) is 18.6. The molecule has 1 aliphatic rings. The number of alkyl halides is 2. The van der Waals surface area contributed by atoms with Gasteiger partial charge in [-0.1, -0.05) is 30.3 Å². The number of carbonyl (C=O) groups is 1. The van der Waals surface area contributed by atoms with Gasteiger partial charge in [0.05, 0.1) is 23.8 Å². The van der Waals surface area contributed by atoms with E-state index in [1.54, 1.807) is 36.4 Å². The molecule has 9 heteroatoms. The van der Waals surface area contributed by atoms with E-state index < -0.39 is 18.0 Å². The molecule has 7 nitrogen and oxygen atoms in total. The van der Waals surface area contributed by atoms with Gasteiger partial charge in [-0.25, -0.2) is 13.8 Å². The molecule has 32 heavy (non-hydrogen) atoms. The highest BCUT2D eigenvalue weighted by Gasteiger charge is 2.35. The minimum atomic E-state index is -2.79. The molecule has 2 heterocycles. The number of aromatic nitrogens is 2. The zero-order valence-electron chi connectivity index (χ0n) is 17.6. The second-order valence-electron chi connectivity index (χ2n) is 8.05. The average molecular weight is 439 g/mol. The largest absolute Gasteiger partial charge is 0.394 e. The van der Waals surface area contributed by atoms with Crippen LogP contribution in [-0.4, -0.2) is 27.6 Å². The Morgan fingerprint density at radius 2 is 1.91 bits per heavy atom. The third-order valence-electron chi connectivity index (χ3n) is 5.37. The van der Waals surface area contributed by atoms with E-state index in [-0.39, 0.29) is 29.8 Å². The monoisotopic (exact) mass is 439 g/mol. The Morgan fingerprint density at radius 1 is 1.16 bits per heavy atom. The summed E-state index contributed by atoms with van der Waals surface area (Å²) in [6.45, 7) is 3.49. The predicted octanol–water partition coefficient (Wildman–Crippen LogP) is 4.28. The Bertz CT molecular complexity index is 1140. The van der Waals surface area contributed by atoms with Crippen molar-refractivity contribution in [1.29, 1.82) is 0 Å². The van der Waals surface area contributed by atoms with Gasteiger partial charge in [0.1, 0.15) is 5.82 Å². The van der Waals surface area contributed by atoms with Crippen molar-refractivity contribution in [2.45, 2.75) is 31.9 Å². The number of carbonyl (C=O) groups excluding carboxylic acids is 1. The highest BCUT2D eigenvalue weighted by molar-refractivity contribution is 6.00. The molecule has 0 saturated heterocycles. The number of halogens is 2. The Labute approximate surface area is 183 Å². The van der Waals surface area contributed by atoms with Gasteiger partial charge in [-0.2, -0.15) is 4.98 Å². The highest BCUT2D eigenvalue weighted by atomic mass is 19.3. The number of nitrogens with one attached hydrogen (secondary N) is 3. The summed E-state index contributed by atoms with van der Waals surface area (Å²) < 4.78 is 27.1. The van der Waals surface area contributed by atoms with Gasteiger partial charge >= 0.3 is 0 Å². The van der Waals surface area contributed by atoms with Crippen molar-refractivity contribution in [2.24, 2.45) is 0 Å². The van der Waals surface area contributed by atoms with Gasteiger partial charge < -0.3 is 21.1 Å². The number of rotatable bonds is 7. The van der Waals surface area contributed by atoms with E-state index in [9.17, 15) is 18.7 Å². The number of fused-ring (bicyclic) bond motifs is 1. The van der Waals surface area contributed by atoms with Gasteiger partial charge in [0.15, 0.2) is 0 Å². The number of hydrogen-bond acceptors (Lipinski definition) is 6. The molecule has 1 atom stereocenters. The Hall–Kier alpha value is -3.59. The predicted molar refractivity (Wildman–Crippen MR) is 117 cm³/mol. The van der Waals surface area contributed by atoms with Crippen LogP contribution in [0.1, 0.15) is 53.4 Å². The summed E-state index contributed by atoms with van der Waals surface area (Å²) in [4.78, 5) is 20.3. The highest BCUT2D eigenvalue weighted by Crippen LogP contribution is 2.34. The molecule has 166 valence electrons. The molecule has 1 amide bonds. The molecule has 2 aromatic carbocycles. The molecule has 4 rings (SSSR count). The average Bonchev–Trinajstić information content (AvgIpc) is 3.00. The number of amides is 1. The molecule has 0 spiro atoms. The van der Waals surface area contributed by atoms with Crippen LogP contribution in [0.4, 0.5) is 26.2 Å². The number of benzene rings is 2. The summed E-state index contributed by atoms with van der Waals surface area (Å²) in [5.41, 5.74) is 1.87. The lowest BCUT2D eigenvalue weighted by molar-refractivity contribution is 0.0940. The Kier molecular flexibility index (Phi) is 5.75. The third-order valence-corrected chi connectivity index (χ3v) is 5.37. The van der Waals surface area contributed by atoms with Gasteiger partial charge in [0.2, 0.25) is 5.95 Å². The fourth-order valence-corrected chi connectivity index (χ4v) is 3.70. The van der Waals surface area contributed by atoms with Crippen molar-refractivity contribution < 1.29 is 18.7 Å². The van der Waals surface area contributed by atoms with E-state index in [0.717, 1.165) is 17.3 Å². The molecule has 4 N–H and O–H groups in total. The minimum Gasteiger partial charge on any atom is -0.394 e. The zero-order valence-corrected chi connectivity index (χ0v) is 17.6. The van der Waals surface area contributed by atoms with E-state index in [1.165, 1.54) is 0 Å². The second kappa shape index (κ2) is 8.51. The van der Waals surface area contributed by atoms with Crippen molar-refractivity contribution in [1.82, 2.24) is 15.3 Å². The quantitative estimate of drug-likeness (QED) is 0.439. The first-order valence-corrected chi connectivity index (χ1v) is 10.1. The molecule has 1 aromatic heterocycles. The molecule has 0 fully saturated rings. The van der Waals surface area contributed by atoms with Crippen LogP contribution in [0.2, 0.25) is 0 Å². The maximum atomic E-state index is 13.6. The topological polar surface area (TPSA) is 99.2 Å². The fourth-order valence-electron chi connectivity index (χ4n) is 3.70. The number of aliphatic hydroxyl groups is 1. The van der Waals surface area contributed by atoms with E-state index in [2.05, 4.69) is 25.9 Å². The first-order chi connectivity index (χ1) is 15.3. The smallest absolute Gasteiger partial charge is 0.268 e. The Balaban J connectivity index is 1.63. The van der Waals surface area contributed by atoms with Gasteiger partial charge in [-0.15, -0.1) is 0 Å². The number of hydrogen-bond donors (Lipinski definition) is 4. The minimum absolute atomic E-state index is 0.0706. The summed E-state index contributed by atoms with van der Waals surface area (Å²) >= 11 is 0. The van der Waals surface area contributed by atoms with Crippen molar-refractivity contribution in [3.8, 4) is 0 Å². The van der Waals surface area contributed by atoms with Crippen molar-refractivity contribution >= 4 is 23.4 Å². The lowest BCUT2D eigenvalue weighted by Crippen LogP contribution is -2.32. The molecule has 3 aromatic rings.